The minimum Gasteiger partial charge on any atom is -0.447 e. The van der Waals surface area contributed by atoms with Crippen molar-refractivity contribution in [1.82, 2.24) is 9.96 Å². The highest BCUT2D eigenvalue weighted by atomic mass is 79.9. The first-order valence-corrected chi connectivity index (χ1v) is 10.4. The smallest absolute Gasteiger partial charge is 0.417 e. The zero-order valence-corrected chi connectivity index (χ0v) is 18.0. The Kier molecular flexibility index (Phi) is 5.46. The van der Waals surface area contributed by atoms with Gasteiger partial charge in [0.05, 0.1) is 12.1 Å². The number of imide groups is 1. The molecule has 2 amide bonds. The second kappa shape index (κ2) is 7.89. The number of carbonyl (C=O) groups excluding carboxylic acids is 2. The number of ether oxygens (including phenoxy) is 1. The standard InChI is InChI=1S/C22H23BrN2O4/c1-22(13-19(24(2)29-22)16-8-10-17(23)11-9-16)20(26)25-18(14-28-21(25)27)12-15-6-4-3-5-7-15/h3-11,18-19H,12-14H2,1-2H3/t18-,19?,22?/m0/s1. The molecule has 2 aromatic rings. The van der Waals surface area contributed by atoms with Gasteiger partial charge in [0.15, 0.2) is 5.60 Å². The van der Waals surface area contributed by atoms with Crippen molar-refractivity contribution in [2.75, 3.05) is 13.7 Å². The predicted molar refractivity (Wildman–Crippen MR) is 111 cm³/mol. The molecule has 0 radical (unpaired) electrons. The molecule has 29 heavy (non-hydrogen) atoms. The Labute approximate surface area is 178 Å². The van der Waals surface area contributed by atoms with Gasteiger partial charge in [0.2, 0.25) is 0 Å². The number of nitrogens with zero attached hydrogens (tertiary/aromatic N) is 2. The maximum Gasteiger partial charge on any atom is 0.417 e. The first-order valence-electron chi connectivity index (χ1n) is 9.59. The average molecular weight is 459 g/mol. The van der Waals surface area contributed by atoms with Crippen LogP contribution in [-0.4, -0.2) is 47.3 Å². The fraction of sp³-hybridized carbons (Fsp3) is 0.364. The molecule has 2 saturated heterocycles. The first-order chi connectivity index (χ1) is 13.9. The van der Waals surface area contributed by atoms with Crippen LogP contribution < -0.4 is 0 Å². The number of hydrogen-bond acceptors (Lipinski definition) is 5. The van der Waals surface area contributed by atoms with Crippen LogP contribution in [0.3, 0.4) is 0 Å². The summed E-state index contributed by atoms with van der Waals surface area (Å²) in [6.45, 7) is 1.94. The monoisotopic (exact) mass is 458 g/mol. The summed E-state index contributed by atoms with van der Waals surface area (Å²) < 4.78 is 6.21. The molecule has 2 aliphatic heterocycles. The van der Waals surface area contributed by atoms with Crippen LogP contribution in [0.15, 0.2) is 59.1 Å². The Balaban J connectivity index is 1.54. The van der Waals surface area contributed by atoms with Crippen LogP contribution in [0.25, 0.3) is 0 Å². The third kappa shape index (κ3) is 3.95. The number of cyclic esters (lactones) is 1. The number of hydrogen-bond donors (Lipinski definition) is 0. The SMILES string of the molecule is CN1OC(C)(C(=O)N2C(=O)OC[C@@H]2Cc2ccccc2)CC1c1ccc(Br)cc1. The van der Waals surface area contributed by atoms with Crippen molar-refractivity contribution in [3.63, 3.8) is 0 Å². The van der Waals surface area contributed by atoms with Crippen molar-refractivity contribution in [2.24, 2.45) is 0 Å². The molecule has 7 heteroatoms. The number of hydroxylamine groups is 2. The maximum atomic E-state index is 13.4. The molecular formula is C22H23BrN2O4. The van der Waals surface area contributed by atoms with Gasteiger partial charge in [-0.2, -0.15) is 5.06 Å². The summed E-state index contributed by atoms with van der Waals surface area (Å²) in [5.41, 5.74) is 0.970. The number of amides is 2. The second-order valence-electron chi connectivity index (χ2n) is 7.74. The zero-order chi connectivity index (χ0) is 20.6. The first kappa shape index (κ1) is 20.1. The van der Waals surface area contributed by atoms with Crippen LogP contribution in [0.4, 0.5) is 4.79 Å². The highest BCUT2D eigenvalue weighted by Crippen LogP contribution is 2.41. The summed E-state index contributed by atoms with van der Waals surface area (Å²) >= 11 is 3.44. The van der Waals surface area contributed by atoms with E-state index in [-0.39, 0.29) is 24.6 Å². The lowest BCUT2D eigenvalue weighted by Gasteiger charge is -2.28. The zero-order valence-electron chi connectivity index (χ0n) is 16.4. The predicted octanol–water partition coefficient (Wildman–Crippen LogP) is 4.11. The molecule has 0 aliphatic carbocycles. The van der Waals surface area contributed by atoms with Crippen LogP contribution in [0.2, 0.25) is 0 Å². The third-order valence-electron chi connectivity index (χ3n) is 5.57. The molecule has 2 fully saturated rings. The lowest BCUT2D eigenvalue weighted by Crippen LogP contribution is -2.51. The van der Waals surface area contributed by atoms with Gasteiger partial charge >= 0.3 is 6.09 Å². The molecular weight excluding hydrogens is 436 g/mol. The van der Waals surface area contributed by atoms with E-state index in [1.165, 1.54) is 4.90 Å². The van der Waals surface area contributed by atoms with Gasteiger partial charge in [-0.05, 0) is 36.6 Å². The molecule has 0 N–H and O–H groups in total. The molecule has 0 saturated carbocycles. The molecule has 0 aromatic heterocycles. The van der Waals surface area contributed by atoms with Gasteiger partial charge in [-0.25, -0.2) is 9.69 Å². The number of rotatable bonds is 4. The summed E-state index contributed by atoms with van der Waals surface area (Å²) in [7, 11) is 1.81. The minimum atomic E-state index is -1.13. The van der Waals surface area contributed by atoms with E-state index < -0.39 is 11.7 Å². The molecule has 6 nitrogen and oxygen atoms in total. The van der Waals surface area contributed by atoms with Gasteiger partial charge in [-0.1, -0.05) is 58.4 Å². The average Bonchev–Trinajstić information content (AvgIpc) is 3.22. The summed E-state index contributed by atoms with van der Waals surface area (Å²) in [6, 6.07) is 17.3. The highest BCUT2D eigenvalue weighted by molar-refractivity contribution is 9.10. The van der Waals surface area contributed by atoms with E-state index in [1.54, 1.807) is 12.0 Å². The lowest BCUT2D eigenvalue weighted by atomic mass is 9.92. The Bertz CT molecular complexity index is 905. The van der Waals surface area contributed by atoms with Gasteiger partial charge in [0.1, 0.15) is 6.61 Å². The number of halogens is 1. The van der Waals surface area contributed by atoms with Crippen molar-refractivity contribution in [3.05, 3.63) is 70.2 Å². The van der Waals surface area contributed by atoms with Gasteiger partial charge in [-0.15, -0.1) is 0 Å². The van der Waals surface area contributed by atoms with Crippen LogP contribution in [0.1, 0.15) is 30.5 Å². The van der Waals surface area contributed by atoms with Crippen molar-refractivity contribution in [3.8, 4) is 0 Å². The van der Waals surface area contributed by atoms with E-state index in [0.29, 0.717) is 12.8 Å². The van der Waals surface area contributed by atoms with Crippen molar-refractivity contribution >= 4 is 27.9 Å². The van der Waals surface area contributed by atoms with Crippen molar-refractivity contribution in [1.29, 1.82) is 0 Å². The number of carbonyl (C=O) groups is 2. The van der Waals surface area contributed by atoms with Gasteiger partial charge in [0.25, 0.3) is 5.91 Å². The van der Waals surface area contributed by atoms with Crippen LogP contribution in [0.5, 0.6) is 0 Å². The summed E-state index contributed by atoms with van der Waals surface area (Å²) in [5.74, 6) is -0.354. The number of benzene rings is 2. The van der Waals surface area contributed by atoms with Crippen molar-refractivity contribution < 1.29 is 19.2 Å². The fourth-order valence-electron chi connectivity index (χ4n) is 4.06. The Morgan fingerprint density at radius 1 is 1.17 bits per heavy atom. The molecule has 2 unspecified atom stereocenters. The van der Waals surface area contributed by atoms with E-state index in [2.05, 4.69) is 15.9 Å². The van der Waals surface area contributed by atoms with E-state index >= 15 is 0 Å². The maximum absolute atomic E-state index is 13.4. The molecule has 3 atom stereocenters. The third-order valence-corrected chi connectivity index (χ3v) is 6.10. The van der Waals surface area contributed by atoms with E-state index in [1.807, 2.05) is 61.6 Å². The van der Waals surface area contributed by atoms with Crippen LogP contribution >= 0.6 is 15.9 Å². The van der Waals surface area contributed by atoms with Gasteiger partial charge in [0, 0.05) is 17.9 Å². The normalized spacial score (nSPS) is 27.3. The van der Waals surface area contributed by atoms with Gasteiger partial charge < -0.3 is 4.74 Å². The van der Waals surface area contributed by atoms with E-state index in [0.717, 1.165) is 15.6 Å². The molecule has 2 aliphatic rings. The Morgan fingerprint density at radius 3 is 2.55 bits per heavy atom. The Morgan fingerprint density at radius 2 is 1.86 bits per heavy atom. The molecule has 4 rings (SSSR count). The highest BCUT2D eigenvalue weighted by Gasteiger charge is 2.53. The quantitative estimate of drug-likeness (QED) is 0.689. The minimum absolute atomic E-state index is 0.0803. The summed E-state index contributed by atoms with van der Waals surface area (Å²) in [6.07, 6.45) is 0.405. The van der Waals surface area contributed by atoms with E-state index in [9.17, 15) is 9.59 Å². The fourth-order valence-corrected chi connectivity index (χ4v) is 4.32. The largest absolute Gasteiger partial charge is 0.447 e. The van der Waals surface area contributed by atoms with Crippen molar-refractivity contribution in [2.45, 2.75) is 37.5 Å². The molecule has 152 valence electrons. The summed E-state index contributed by atoms with van der Waals surface area (Å²) in [4.78, 5) is 33.0. The topological polar surface area (TPSA) is 59.1 Å². The molecule has 2 aromatic carbocycles. The Hall–Kier alpha value is -2.22. The summed E-state index contributed by atoms with van der Waals surface area (Å²) in [5, 5.41) is 1.70. The second-order valence-corrected chi connectivity index (χ2v) is 8.65. The van der Waals surface area contributed by atoms with Crippen LogP contribution in [-0.2, 0) is 20.8 Å². The van der Waals surface area contributed by atoms with Gasteiger partial charge in [-0.3, -0.25) is 9.63 Å². The molecule has 2 heterocycles. The van der Waals surface area contributed by atoms with Crippen LogP contribution in [0, 0.1) is 0 Å². The van der Waals surface area contributed by atoms with E-state index in [4.69, 9.17) is 9.57 Å². The molecule has 0 bridgehead atoms. The molecule has 0 spiro atoms. The lowest BCUT2D eigenvalue weighted by molar-refractivity contribution is -0.197.